The molecule has 1 atom stereocenters. The van der Waals surface area contributed by atoms with Crippen molar-refractivity contribution in [2.45, 2.75) is 51.6 Å². The van der Waals surface area contributed by atoms with E-state index in [1.165, 1.54) is 14.0 Å². The van der Waals surface area contributed by atoms with E-state index >= 15 is 0 Å². The van der Waals surface area contributed by atoms with Gasteiger partial charge in [-0.1, -0.05) is 26.2 Å². The predicted molar refractivity (Wildman–Crippen MR) is 51.4 cm³/mol. The number of hydrogen-bond donors (Lipinski definition) is 1. The molecule has 0 heterocycles. The number of unbranched alkanes of at least 4 members (excludes halogenated alkanes) is 3. The molecule has 0 rings (SSSR count). The molecule has 0 fully saturated rings. The Morgan fingerprint density at radius 1 is 1.38 bits per heavy atom. The van der Waals surface area contributed by atoms with Gasteiger partial charge in [-0.2, -0.15) is 0 Å². The molecule has 0 saturated heterocycles. The summed E-state index contributed by atoms with van der Waals surface area (Å²) < 4.78 is 4.48. The van der Waals surface area contributed by atoms with E-state index in [9.17, 15) is 9.90 Å². The highest BCUT2D eigenvalue weighted by atomic mass is 16.5. The molecule has 0 aromatic rings. The lowest BCUT2D eigenvalue weighted by Gasteiger charge is -2.19. The van der Waals surface area contributed by atoms with Gasteiger partial charge in [-0.3, -0.25) is 0 Å². The van der Waals surface area contributed by atoms with E-state index in [1.807, 2.05) is 0 Å². The lowest BCUT2D eigenvalue weighted by atomic mass is 9.98. The minimum absolute atomic E-state index is 0.486. The van der Waals surface area contributed by atoms with Crippen molar-refractivity contribution in [3.8, 4) is 0 Å². The molecule has 0 aromatic heterocycles. The van der Waals surface area contributed by atoms with Crippen LogP contribution in [0.5, 0.6) is 0 Å². The summed E-state index contributed by atoms with van der Waals surface area (Å²) in [5, 5.41) is 9.61. The van der Waals surface area contributed by atoms with Crippen molar-refractivity contribution in [2.24, 2.45) is 0 Å². The molecule has 13 heavy (non-hydrogen) atoms. The number of rotatable bonds is 6. The van der Waals surface area contributed by atoms with Gasteiger partial charge in [0.2, 0.25) is 0 Å². The minimum Gasteiger partial charge on any atom is -0.467 e. The highest BCUT2D eigenvalue weighted by molar-refractivity contribution is 5.78. The van der Waals surface area contributed by atoms with Crippen molar-refractivity contribution in [1.29, 1.82) is 0 Å². The van der Waals surface area contributed by atoms with E-state index in [1.54, 1.807) is 0 Å². The number of ether oxygens (including phenoxy) is 1. The molecule has 3 nitrogen and oxygen atoms in total. The minimum atomic E-state index is -1.30. The molecule has 0 amide bonds. The molecule has 0 aliphatic heterocycles. The fourth-order valence-corrected chi connectivity index (χ4v) is 1.22. The third-order valence-corrected chi connectivity index (χ3v) is 2.14. The van der Waals surface area contributed by atoms with Gasteiger partial charge in [-0.25, -0.2) is 4.79 Å². The zero-order valence-corrected chi connectivity index (χ0v) is 8.80. The standard InChI is InChI=1S/C10H20O3/c1-4-5-6-7-8-10(2,12)9(11)13-3/h12H,4-8H2,1-3H3. The van der Waals surface area contributed by atoms with Gasteiger partial charge in [0.15, 0.2) is 5.60 Å². The maximum atomic E-state index is 11.0. The number of carbonyl (C=O) groups excluding carboxylic acids is 1. The Morgan fingerprint density at radius 2 is 2.00 bits per heavy atom. The lowest BCUT2D eigenvalue weighted by molar-refractivity contribution is -0.161. The maximum absolute atomic E-state index is 11.0. The van der Waals surface area contributed by atoms with Crippen molar-refractivity contribution in [3.05, 3.63) is 0 Å². The van der Waals surface area contributed by atoms with Crippen molar-refractivity contribution in [2.75, 3.05) is 7.11 Å². The number of hydrogen-bond acceptors (Lipinski definition) is 3. The van der Waals surface area contributed by atoms with Crippen LogP contribution in [0, 0.1) is 0 Å². The van der Waals surface area contributed by atoms with Crippen LogP contribution < -0.4 is 0 Å². The molecular weight excluding hydrogens is 168 g/mol. The molecule has 78 valence electrons. The van der Waals surface area contributed by atoms with Gasteiger partial charge in [-0.15, -0.1) is 0 Å². The van der Waals surface area contributed by atoms with E-state index in [-0.39, 0.29) is 0 Å². The van der Waals surface area contributed by atoms with E-state index in [0.717, 1.165) is 25.7 Å². The van der Waals surface area contributed by atoms with Crippen LogP contribution in [0.25, 0.3) is 0 Å². The SMILES string of the molecule is CCCCCCC(C)(O)C(=O)OC. The van der Waals surface area contributed by atoms with Crippen molar-refractivity contribution < 1.29 is 14.6 Å². The second kappa shape index (κ2) is 5.97. The molecular formula is C10H20O3. The first-order valence-corrected chi connectivity index (χ1v) is 4.85. The van der Waals surface area contributed by atoms with Gasteiger partial charge < -0.3 is 9.84 Å². The lowest BCUT2D eigenvalue weighted by Crippen LogP contribution is -2.35. The van der Waals surface area contributed by atoms with Gasteiger partial charge in [0, 0.05) is 0 Å². The van der Waals surface area contributed by atoms with Gasteiger partial charge in [-0.05, 0) is 19.8 Å². The highest BCUT2D eigenvalue weighted by Crippen LogP contribution is 2.16. The zero-order valence-electron chi connectivity index (χ0n) is 8.80. The first kappa shape index (κ1) is 12.4. The summed E-state index contributed by atoms with van der Waals surface area (Å²) in [6, 6.07) is 0. The molecule has 0 radical (unpaired) electrons. The summed E-state index contributed by atoms with van der Waals surface area (Å²) >= 11 is 0. The third-order valence-electron chi connectivity index (χ3n) is 2.14. The second-order valence-electron chi connectivity index (χ2n) is 3.58. The molecule has 0 saturated carbocycles. The van der Waals surface area contributed by atoms with Gasteiger partial charge in [0.1, 0.15) is 0 Å². The average molecular weight is 188 g/mol. The molecule has 0 aromatic carbocycles. The molecule has 1 unspecified atom stereocenters. The molecule has 3 heteroatoms. The molecule has 0 bridgehead atoms. The van der Waals surface area contributed by atoms with Crippen LogP contribution in [0.2, 0.25) is 0 Å². The van der Waals surface area contributed by atoms with Crippen LogP contribution in [0.3, 0.4) is 0 Å². The van der Waals surface area contributed by atoms with E-state index < -0.39 is 11.6 Å². The molecule has 0 aliphatic rings. The Balaban J connectivity index is 3.69. The number of aliphatic hydroxyl groups is 1. The predicted octanol–water partition coefficient (Wildman–Crippen LogP) is 1.88. The summed E-state index contributed by atoms with van der Waals surface area (Å²) in [7, 11) is 1.29. The Hall–Kier alpha value is -0.570. The Labute approximate surface area is 80.1 Å². The highest BCUT2D eigenvalue weighted by Gasteiger charge is 2.30. The van der Waals surface area contributed by atoms with E-state index in [4.69, 9.17) is 0 Å². The first-order chi connectivity index (χ1) is 6.04. The summed E-state index contributed by atoms with van der Waals surface area (Å²) in [5.41, 5.74) is -1.30. The van der Waals surface area contributed by atoms with Crippen LogP contribution in [-0.4, -0.2) is 23.8 Å². The Bertz CT molecular complexity index is 152. The average Bonchev–Trinajstić information content (AvgIpc) is 2.11. The number of carbonyl (C=O) groups is 1. The van der Waals surface area contributed by atoms with Gasteiger partial charge in [0.25, 0.3) is 0 Å². The van der Waals surface area contributed by atoms with Crippen LogP contribution in [0.4, 0.5) is 0 Å². The quantitative estimate of drug-likeness (QED) is 0.511. The fourth-order valence-electron chi connectivity index (χ4n) is 1.22. The summed E-state index contributed by atoms with van der Waals surface area (Å²) in [5.74, 6) is -0.538. The molecule has 0 aliphatic carbocycles. The topological polar surface area (TPSA) is 46.5 Å². The van der Waals surface area contributed by atoms with E-state index in [2.05, 4.69) is 11.7 Å². The Morgan fingerprint density at radius 3 is 2.46 bits per heavy atom. The summed E-state index contributed by atoms with van der Waals surface area (Å²) in [4.78, 5) is 11.0. The van der Waals surface area contributed by atoms with Crippen molar-refractivity contribution in [3.63, 3.8) is 0 Å². The third kappa shape index (κ3) is 4.88. The van der Waals surface area contributed by atoms with Gasteiger partial charge in [0.05, 0.1) is 7.11 Å². The fraction of sp³-hybridized carbons (Fsp3) is 0.900. The smallest absolute Gasteiger partial charge is 0.337 e. The van der Waals surface area contributed by atoms with Crippen LogP contribution in [0.15, 0.2) is 0 Å². The van der Waals surface area contributed by atoms with Gasteiger partial charge >= 0.3 is 5.97 Å². The normalized spacial score (nSPS) is 15.1. The first-order valence-electron chi connectivity index (χ1n) is 4.85. The summed E-state index contributed by atoms with van der Waals surface area (Å²) in [6.07, 6.45) is 4.72. The Kier molecular flexibility index (Phi) is 5.71. The number of esters is 1. The molecule has 0 spiro atoms. The number of methoxy groups -OCH3 is 1. The van der Waals surface area contributed by atoms with Crippen LogP contribution in [-0.2, 0) is 9.53 Å². The monoisotopic (exact) mass is 188 g/mol. The largest absolute Gasteiger partial charge is 0.467 e. The second-order valence-corrected chi connectivity index (χ2v) is 3.58. The molecule has 1 N–H and O–H groups in total. The van der Waals surface area contributed by atoms with Crippen LogP contribution in [0.1, 0.15) is 46.0 Å². The van der Waals surface area contributed by atoms with E-state index in [0.29, 0.717) is 6.42 Å². The van der Waals surface area contributed by atoms with Crippen molar-refractivity contribution in [1.82, 2.24) is 0 Å². The van der Waals surface area contributed by atoms with Crippen LogP contribution >= 0.6 is 0 Å². The zero-order chi connectivity index (χ0) is 10.3. The summed E-state index contributed by atoms with van der Waals surface area (Å²) in [6.45, 7) is 3.63. The maximum Gasteiger partial charge on any atom is 0.337 e. The van der Waals surface area contributed by atoms with Crippen molar-refractivity contribution >= 4 is 5.97 Å².